The molecular weight excluding hydrogens is 410 g/mol. The van der Waals surface area contributed by atoms with Crippen molar-refractivity contribution in [1.82, 2.24) is 19.8 Å². The number of likely N-dealkylation sites (tertiary alicyclic amines) is 1. The van der Waals surface area contributed by atoms with Crippen molar-refractivity contribution in [1.29, 1.82) is 0 Å². The number of benzene rings is 2. The molecule has 1 aliphatic rings. The average Bonchev–Trinajstić information content (AvgIpc) is 3.49. The summed E-state index contributed by atoms with van der Waals surface area (Å²) in [5, 5.41) is 5.61. The predicted octanol–water partition coefficient (Wildman–Crippen LogP) is 3.11. The zero-order chi connectivity index (χ0) is 22.5. The Morgan fingerprint density at radius 1 is 1.06 bits per heavy atom. The predicted molar refractivity (Wildman–Crippen MR) is 121 cm³/mol. The number of fused-ring (bicyclic) bond motifs is 1. The summed E-state index contributed by atoms with van der Waals surface area (Å²) in [6.07, 6.45) is 3.85. The molecule has 32 heavy (non-hydrogen) atoms. The number of methoxy groups -OCH3 is 2. The van der Waals surface area contributed by atoms with Crippen molar-refractivity contribution in [3.63, 3.8) is 0 Å². The Morgan fingerprint density at radius 3 is 2.62 bits per heavy atom. The van der Waals surface area contributed by atoms with Gasteiger partial charge in [-0.2, -0.15) is 0 Å². The normalized spacial score (nSPS) is 13.2. The second-order valence-electron chi connectivity index (χ2n) is 7.59. The van der Waals surface area contributed by atoms with Gasteiger partial charge in [0, 0.05) is 37.8 Å². The number of anilines is 1. The molecule has 3 aromatic rings. The van der Waals surface area contributed by atoms with Crippen molar-refractivity contribution in [3.05, 3.63) is 48.3 Å². The van der Waals surface area contributed by atoms with Crippen LogP contribution >= 0.6 is 0 Å². The van der Waals surface area contributed by atoms with Crippen LogP contribution in [0.4, 0.5) is 10.5 Å². The van der Waals surface area contributed by atoms with E-state index in [-0.39, 0.29) is 11.9 Å². The molecule has 1 saturated heterocycles. The molecule has 2 heterocycles. The molecule has 3 amide bonds. The number of carbonyl (C=O) groups is 2. The molecule has 0 unspecified atom stereocenters. The molecule has 0 atom stereocenters. The smallest absolute Gasteiger partial charge is 0.319 e. The minimum Gasteiger partial charge on any atom is -0.497 e. The van der Waals surface area contributed by atoms with Gasteiger partial charge in [-0.25, -0.2) is 9.78 Å². The second kappa shape index (κ2) is 9.59. The van der Waals surface area contributed by atoms with Gasteiger partial charge in [0.25, 0.3) is 5.91 Å². The third-order valence-electron chi connectivity index (χ3n) is 5.56. The zero-order valence-electron chi connectivity index (χ0n) is 18.3. The maximum Gasteiger partial charge on any atom is 0.319 e. The van der Waals surface area contributed by atoms with E-state index in [9.17, 15) is 9.59 Å². The standard InChI is InChI=1S/C23H27N5O4/c1-31-17-6-7-18(21(14-17)32-2)26-23(30)24-9-12-28-15-25-19-13-16(5-8-20(19)28)22(29)27-10-3-4-11-27/h5-8,13-15H,3-4,9-12H2,1-2H3,(H2,24,26,30). The summed E-state index contributed by atoms with van der Waals surface area (Å²) in [5.74, 6) is 1.22. The minimum atomic E-state index is -0.337. The van der Waals surface area contributed by atoms with Crippen molar-refractivity contribution in [2.75, 3.05) is 39.2 Å². The first-order valence-corrected chi connectivity index (χ1v) is 10.6. The molecule has 1 fully saturated rings. The van der Waals surface area contributed by atoms with Crippen molar-refractivity contribution in [2.45, 2.75) is 19.4 Å². The Morgan fingerprint density at radius 2 is 1.88 bits per heavy atom. The highest BCUT2D eigenvalue weighted by atomic mass is 16.5. The van der Waals surface area contributed by atoms with E-state index in [0.717, 1.165) is 37.0 Å². The Kier molecular flexibility index (Phi) is 6.44. The van der Waals surface area contributed by atoms with E-state index >= 15 is 0 Å². The summed E-state index contributed by atoms with van der Waals surface area (Å²) in [5.41, 5.74) is 2.90. The van der Waals surface area contributed by atoms with E-state index in [0.29, 0.717) is 35.8 Å². The maximum atomic E-state index is 12.6. The summed E-state index contributed by atoms with van der Waals surface area (Å²) in [4.78, 5) is 31.2. The van der Waals surface area contributed by atoms with Gasteiger partial charge < -0.3 is 29.6 Å². The van der Waals surface area contributed by atoms with Crippen LogP contribution in [-0.4, -0.2) is 60.2 Å². The van der Waals surface area contributed by atoms with E-state index < -0.39 is 0 Å². The lowest BCUT2D eigenvalue weighted by atomic mass is 10.1. The molecule has 2 aromatic carbocycles. The fourth-order valence-corrected chi connectivity index (χ4v) is 3.84. The summed E-state index contributed by atoms with van der Waals surface area (Å²) in [7, 11) is 3.10. The lowest BCUT2D eigenvalue weighted by Crippen LogP contribution is -2.31. The molecule has 0 spiro atoms. The van der Waals surface area contributed by atoms with Crippen LogP contribution in [0.2, 0.25) is 0 Å². The lowest BCUT2D eigenvalue weighted by Gasteiger charge is -2.15. The summed E-state index contributed by atoms with van der Waals surface area (Å²) >= 11 is 0. The minimum absolute atomic E-state index is 0.0613. The van der Waals surface area contributed by atoms with Crippen molar-refractivity contribution in [2.24, 2.45) is 0 Å². The molecule has 1 aliphatic heterocycles. The molecule has 9 heteroatoms. The third-order valence-corrected chi connectivity index (χ3v) is 5.56. The first-order valence-electron chi connectivity index (χ1n) is 10.6. The summed E-state index contributed by atoms with van der Waals surface area (Å²) < 4.78 is 12.4. The highest BCUT2D eigenvalue weighted by Crippen LogP contribution is 2.28. The highest BCUT2D eigenvalue weighted by molar-refractivity contribution is 5.97. The van der Waals surface area contributed by atoms with Crippen molar-refractivity contribution >= 4 is 28.7 Å². The zero-order valence-corrected chi connectivity index (χ0v) is 18.3. The van der Waals surface area contributed by atoms with E-state index in [1.54, 1.807) is 31.6 Å². The fraction of sp³-hybridized carbons (Fsp3) is 0.348. The van der Waals surface area contributed by atoms with Gasteiger partial charge in [-0.1, -0.05) is 0 Å². The summed E-state index contributed by atoms with van der Waals surface area (Å²) in [6, 6.07) is 10.4. The van der Waals surface area contributed by atoms with Gasteiger partial charge in [-0.3, -0.25) is 4.79 Å². The van der Waals surface area contributed by atoms with Gasteiger partial charge in [0.2, 0.25) is 0 Å². The summed E-state index contributed by atoms with van der Waals surface area (Å²) in [6.45, 7) is 2.59. The van der Waals surface area contributed by atoms with Gasteiger partial charge in [0.15, 0.2) is 0 Å². The van der Waals surface area contributed by atoms with Gasteiger partial charge in [-0.15, -0.1) is 0 Å². The first kappa shape index (κ1) is 21.5. The van der Waals surface area contributed by atoms with Crippen LogP contribution in [0.25, 0.3) is 11.0 Å². The van der Waals surface area contributed by atoms with Crippen LogP contribution in [-0.2, 0) is 6.54 Å². The Labute approximate surface area is 186 Å². The fourth-order valence-electron chi connectivity index (χ4n) is 3.84. The van der Waals surface area contributed by atoms with Crippen LogP contribution < -0.4 is 20.1 Å². The number of amides is 3. The van der Waals surface area contributed by atoms with Crippen LogP contribution in [0.3, 0.4) is 0 Å². The molecule has 1 aromatic heterocycles. The van der Waals surface area contributed by atoms with Crippen molar-refractivity contribution < 1.29 is 19.1 Å². The van der Waals surface area contributed by atoms with Gasteiger partial charge in [0.05, 0.1) is 37.3 Å². The number of nitrogens with one attached hydrogen (secondary N) is 2. The van der Waals surface area contributed by atoms with Crippen LogP contribution in [0.5, 0.6) is 11.5 Å². The van der Waals surface area contributed by atoms with Gasteiger partial charge >= 0.3 is 6.03 Å². The molecule has 168 valence electrons. The molecule has 2 N–H and O–H groups in total. The topological polar surface area (TPSA) is 97.7 Å². The molecule has 0 bridgehead atoms. The Bertz CT molecular complexity index is 1120. The molecule has 0 saturated carbocycles. The second-order valence-corrected chi connectivity index (χ2v) is 7.59. The van der Waals surface area contributed by atoms with Crippen molar-refractivity contribution in [3.8, 4) is 11.5 Å². The molecular formula is C23H27N5O4. The number of hydrogen-bond acceptors (Lipinski definition) is 5. The number of carbonyl (C=O) groups excluding carboxylic acids is 2. The molecule has 4 rings (SSSR count). The maximum absolute atomic E-state index is 12.6. The quantitative estimate of drug-likeness (QED) is 0.592. The number of urea groups is 1. The average molecular weight is 438 g/mol. The molecule has 9 nitrogen and oxygen atoms in total. The number of rotatable bonds is 7. The Hall–Kier alpha value is -3.75. The number of hydrogen-bond donors (Lipinski definition) is 2. The van der Waals surface area contributed by atoms with Gasteiger partial charge in [0.1, 0.15) is 11.5 Å². The molecule has 0 radical (unpaired) electrons. The van der Waals surface area contributed by atoms with Crippen LogP contribution in [0.1, 0.15) is 23.2 Å². The van der Waals surface area contributed by atoms with E-state index in [1.165, 1.54) is 7.11 Å². The van der Waals surface area contributed by atoms with E-state index in [1.807, 2.05) is 27.7 Å². The number of aromatic nitrogens is 2. The third kappa shape index (κ3) is 4.61. The molecule has 0 aliphatic carbocycles. The lowest BCUT2D eigenvalue weighted by molar-refractivity contribution is 0.0793. The number of ether oxygens (including phenoxy) is 2. The number of nitrogens with zero attached hydrogens (tertiary/aromatic N) is 3. The Balaban J connectivity index is 1.34. The van der Waals surface area contributed by atoms with Crippen LogP contribution in [0, 0.1) is 0 Å². The monoisotopic (exact) mass is 437 g/mol. The SMILES string of the molecule is COc1ccc(NC(=O)NCCn2cnc3cc(C(=O)N4CCCC4)ccc32)c(OC)c1. The van der Waals surface area contributed by atoms with E-state index in [4.69, 9.17) is 9.47 Å². The largest absolute Gasteiger partial charge is 0.497 e. The first-order chi connectivity index (χ1) is 15.6. The number of imidazole rings is 1. The van der Waals surface area contributed by atoms with Gasteiger partial charge in [-0.05, 0) is 43.2 Å². The van der Waals surface area contributed by atoms with E-state index in [2.05, 4.69) is 15.6 Å². The van der Waals surface area contributed by atoms with Crippen LogP contribution in [0.15, 0.2) is 42.7 Å². The highest BCUT2D eigenvalue weighted by Gasteiger charge is 2.20.